The highest BCUT2D eigenvalue weighted by Crippen LogP contribution is 2.31. The van der Waals surface area contributed by atoms with E-state index in [0.717, 1.165) is 12.8 Å². The van der Waals surface area contributed by atoms with Crippen molar-refractivity contribution in [2.75, 3.05) is 0 Å². The van der Waals surface area contributed by atoms with Gasteiger partial charge in [-0.2, -0.15) is 0 Å². The van der Waals surface area contributed by atoms with E-state index in [0.29, 0.717) is 0 Å². The van der Waals surface area contributed by atoms with E-state index in [1.54, 1.807) is 0 Å². The molecule has 2 atom stereocenters. The Morgan fingerprint density at radius 3 is 1.45 bits per heavy atom. The third-order valence-corrected chi connectivity index (χ3v) is 2.38. The number of hydrogen-bond acceptors (Lipinski definition) is 1. The van der Waals surface area contributed by atoms with Gasteiger partial charge < -0.3 is 4.74 Å². The van der Waals surface area contributed by atoms with Gasteiger partial charge in [-0.1, -0.05) is 37.0 Å². The molecule has 0 radical (unpaired) electrons. The summed E-state index contributed by atoms with van der Waals surface area (Å²) in [6, 6.07) is 0. The SMILES string of the molecule is CCC(C)(Cl)OC(C)(Cl)CC. The monoisotopic (exact) mass is 198 g/mol. The highest BCUT2D eigenvalue weighted by molar-refractivity contribution is 6.25. The molecule has 2 unspecified atom stereocenters. The van der Waals surface area contributed by atoms with Crippen LogP contribution in [-0.2, 0) is 4.74 Å². The van der Waals surface area contributed by atoms with Crippen molar-refractivity contribution in [1.82, 2.24) is 0 Å². The van der Waals surface area contributed by atoms with Crippen molar-refractivity contribution in [3.05, 3.63) is 0 Å². The first-order chi connectivity index (χ1) is 4.83. The smallest absolute Gasteiger partial charge is 0.141 e. The molecular formula is C8H16Cl2O. The van der Waals surface area contributed by atoms with Gasteiger partial charge >= 0.3 is 0 Å². The van der Waals surface area contributed by atoms with Gasteiger partial charge in [0, 0.05) is 0 Å². The van der Waals surface area contributed by atoms with Gasteiger partial charge in [0.2, 0.25) is 0 Å². The molecule has 0 bridgehead atoms. The third kappa shape index (κ3) is 4.89. The quantitative estimate of drug-likeness (QED) is 0.626. The Morgan fingerprint density at radius 1 is 1.00 bits per heavy atom. The summed E-state index contributed by atoms with van der Waals surface area (Å²) in [5.41, 5.74) is 0. The topological polar surface area (TPSA) is 9.23 Å². The van der Waals surface area contributed by atoms with Gasteiger partial charge in [0.25, 0.3) is 0 Å². The van der Waals surface area contributed by atoms with Gasteiger partial charge in [0.05, 0.1) is 0 Å². The molecule has 0 saturated carbocycles. The molecule has 0 aliphatic carbocycles. The standard InChI is InChI=1S/C8H16Cl2O/c1-5-7(3,9)11-8(4,10)6-2/h5-6H2,1-4H3. The molecule has 0 aromatic rings. The van der Waals surface area contributed by atoms with Gasteiger partial charge in [0.15, 0.2) is 0 Å². The van der Waals surface area contributed by atoms with Crippen molar-refractivity contribution in [2.24, 2.45) is 0 Å². The molecule has 11 heavy (non-hydrogen) atoms. The molecule has 3 heteroatoms. The largest absolute Gasteiger partial charge is 0.339 e. The Balaban J connectivity index is 4.02. The van der Waals surface area contributed by atoms with Crippen LogP contribution < -0.4 is 0 Å². The van der Waals surface area contributed by atoms with Crippen molar-refractivity contribution < 1.29 is 4.74 Å². The first-order valence-electron chi connectivity index (χ1n) is 3.91. The Hall–Kier alpha value is 0.540. The van der Waals surface area contributed by atoms with E-state index in [2.05, 4.69) is 0 Å². The second-order valence-corrected chi connectivity index (χ2v) is 4.61. The van der Waals surface area contributed by atoms with Crippen LogP contribution in [0.15, 0.2) is 0 Å². The van der Waals surface area contributed by atoms with Crippen molar-refractivity contribution in [2.45, 2.75) is 50.7 Å². The zero-order chi connectivity index (χ0) is 9.12. The first kappa shape index (κ1) is 11.5. The number of rotatable bonds is 4. The molecular weight excluding hydrogens is 183 g/mol. The van der Waals surface area contributed by atoms with Gasteiger partial charge in [0.1, 0.15) is 10.1 Å². The molecule has 0 aliphatic heterocycles. The van der Waals surface area contributed by atoms with Gasteiger partial charge in [-0.3, -0.25) is 0 Å². The summed E-state index contributed by atoms with van der Waals surface area (Å²) >= 11 is 12.0. The molecule has 0 aliphatic rings. The molecule has 0 spiro atoms. The number of hydrogen-bond donors (Lipinski definition) is 0. The van der Waals surface area contributed by atoms with Crippen LogP contribution >= 0.6 is 23.2 Å². The van der Waals surface area contributed by atoms with E-state index in [9.17, 15) is 0 Å². The van der Waals surface area contributed by atoms with Crippen molar-refractivity contribution in [3.8, 4) is 0 Å². The number of halogens is 2. The summed E-state index contributed by atoms with van der Waals surface area (Å²) < 4.78 is 5.45. The Kier molecular flexibility index (Phi) is 4.17. The lowest BCUT2D eigenvalue weighted by Gasteiger charge is -2.30. The zero-order valence-corrected chi connectivity index (χ0v) is 9.09. The summed E-state index contributed by atoms with van der Waals surface area (Å²) in [5, 5.41) is -1.26. The molecule has 0 saturated heterocycles. The van der Waals surface area contributed by atoms with Gasteiger partial charge in [-0.05, 0) is 26.7 Å². The Labute approximate surface area is 79.0 Å². The van der Waals surface area contributed by atoms with Crippen LogP contribution in [0.3, 0.4) is 0 Å². The van der Waals surface area contributed by atoms with Crippen LogP contribution in [0, 0.1) is 0 Å². The van der Waals surface area contributed by atoms with Gasteiger partial charge in [-0.15, -0.1) is 0 Å². The predicted octanol–water partition coefficient (Wildman–Crippen LogP) is 3.73. The second-order valence-electron chi connectivity index (χ2n) is 3.01. The van der Waals surface area contributed by atoms with E-state index in [1.165, 1.54) is 0 Å². The van der Waals surface area contributed by atoms with E-state index in [-0.39, 0.29) is 0 Å². The molecule has 68 valence electrons. The average molecular weight is 199 g/mol. The fraction of sp³-hybridized carbons (Fsp3) is 1.00. The minimum absolute atomic E-state index is 0.632. The summed E-state index contributed by atoms with van der Waals surface area (Å²) in [4.78, 5) is 0. The lowest BCUT2D eigenvalue weighted by Crippen LogP contribution is -2.32. The summed E-state index contributed by atoms with van der Waals surface area (Å²) in [6.07, 6.45) is 1.49. The van der Waals surface area contributed by atoms with Crippen LogP contribution in [0.2, 0.25) is 0 Å². The molecule has 0 fully saturated rings. The summed E-state index contributed by atoms with van der Waals surface area (Å²) in [7, 11) is 0. The van der Waals surface area contributed by atoms with E-state index in [4.69, 9.17) is 27.9 Å². The Bertz CT molecular complexity index is 107. The van der Waals surface area contributed by atoms with Crippen LogP contribution in [-0.4, -0.2) is 10.1 Å². The predicted molar refractivity (Wildman–Crippen MR) is 50.2 cm³/mol. The minimum Gasteiger partial charge on any atom is -0.339 e. The first-order valence-corrected chi connectivity index (χ1v) is 4.66. The van der Waals surface area contributed by atoms with Crippen LogP contribution in [0.25, 0.3) is 0 Å². The number of ether oxygens (including phenoxy) is 1. The molecule has 0 N–H and O–H groups in total. The lowest BCUT2D eigenvalue weighted by atomic mass is 10.2. The maximum absolute atomic E-state index is 5.98. The minimum atomic E-state index is -0.632. The van der Waals surface area contributed by atoms with E-state index < -0.39 is 10.1 Å². The fourth-order valence-electron chi connectivity index (χ4n) is 0.588. The van der Waals surface area contributed by atoms with E-state index in [1.807, 2.05) is 27.7 Å². The molecule has 0 amide bonds. The molecule has 0 aromatic carbocycles. The molecule has 1 nitrogen and oxygen atoms in total. The van der Waals surface area contributed by atoms with Gasteiger partial charge in [-0.25, -0.2) is 0 Å². The van der Waals surface area contributed by atoms with Crippen LogP contribution in [0.1, 0.15) is 40.5 Å². The highest BCUT2D eigenvalue weighted by atomic mass is 35.5. The maximum atomic E-state index is 5.98. The normalized spacial score (nSPS) is 22.4. The molecule has 0 heterocycles. The average Bonchev–Trinajstić information content (AvgIpc) is 1.86. The van der Waals surface area contributed by atoms with Crippen molar-refractivity contribution in [3.63, 3.8) is 0 Å². The summed E-state index contributed by atoms with van der Waals surface area (Å²) in [5.74, 6) is 0. The van der Waals surface area contributed by atoms with Crippen LogP contribution in [0.4, 0.5) is 0 Å². The zero-order valence-electron chi connectivity index (χ0n) is 7.58. The molecule has 0 aromatic heterocycles. The third-order valence-electron chi connectivity index (χ3n) is 1.69. The number of alkyl halides is 2. The highest BCUT2D eigenvalue weighted by Gasteiger charge is 2.29. The maximum Gasteiger partial charge on any atom is 0.141 e. The lowest BCUT2D eigenvalue weighted by molar-refractivity contribution is -0.0504. The Morgan fingerprint density at radius 2 is 1.27 bits per heavy atom. The van der Waals surface area contributed by atoms with Crippen molar-refractivity contribution in [1.29, 1.82) is 0 Å². The fourth-order valence-corrected chi connectivity index (χ4v) is 0.968. The van der Waals surface area contributed by atoms with Crippen LogP contribution in [0.5, 0.6) is 0 Å². The summed E-state index contributed by atoms with van der Waals surface area (Å²) in [6.45, 7) is 7.58. The van der Waals surface area contributed by atoms with E-state index >= 15 is 0 Å². The second kappa shape index (κ2) is 3.97. The van der Waals surface area contributed by atoms with Crippen molar-refractivity contribution >= 4 is 23.2 Å². The molecule has 0 rings (SSSR count).